The van der Waals surface area contributed by atoms with E-state index in [0.29, 0.717) is 5.69 Å². The van der Waals surface area contributed by atoms with Crippen LogP contribution in [0.4, 0.5) is 0 Å². The van der Waals surface area contributed by atoms with Crippen LogP contribution in [0.1, 0.15) is 26.0 Å². The zero-order valence-electron chi connectivity index (χ0n) is 10.6. The Morgan fingerprint density at radius 1 is 1.44 bits per heavy atom. The molecule has 0 bridgehead atoms. The van der Waals surface area contributed by atoms with Crippen LogP contribution in [-0.2, 0) is 6.61 Å². The van der Waals surface area contributed by atoms with Crippen LogP contribution in [0.5, 0.6) is 5.75 Å². The van der Waals surface area contributed by atoms with Crippen molar-refractivity contribution in [2.45, 2.75) is 33.0 Å². The van der Waals surface area contributed by atoms with Crippen LogP contribution < -0.4 is 4.74 Å². The molecule has 1 aromatic carbocycles. The highest BCUT2D eigenvalue weighted by Gasteiger charge is 2.05. The molecule has 2 rings (SSSR count). The number of benzene rings is 1. The van der Waals surface area contributed by atoms with Gasteiger partial charge in [0, 0.05) is 6.07 Å². The Morgan fingerprint density at radius 3 is 2.94 bits per heavy atom. The molecule has 0 aliphatic heterocycles. The van der Waals surface area contributed by atoms with Gasteiger partial charge in [-0.15, -0.1) is 5.10 Å². The van der Waals surface area contributed by atoms with E-state index in [4.69, 9.17) is 9.84 Å². The van der Waals surface area contributed by atoms with Gasteiger partial charge in [-0.05, 0) is 25.5 Å². The third-order valence-corrected chi connectivity index (χ3v) is 2.70. The number of rotatable bonds is 5. The Morgan fingerprint density at radius 2 is 2.28 bits per heavy atom. The van der Waals surface area contributed by atoms with Crippen molar-refractivity contribution in [3.05, 3.63) is 36.2 Å². The van der Waals surface area contributed by atoms with Crippen LogP contribution in [-0.4, -0.2) is 26.2 Å². The summed E-state index contributed by atoms with van der Waals surface area (Å²) in [6, 6.07) is 7.65. The Kier molecular flexibility index (Phi) is 3.94. The molecule has 1 N–H and O–H groups in total. The molecule has 0 amide bonds. The molecule has 1 unspecified atom stereocenters. The van der Waals surface area contributed by atoms with E-state index in [9.17, 15) is 0 Å². The van der Waals surface area contributed by atoms with E-state index in [1.54, 1.807) is 10.9 Å². The van der Waals surface area contributed by atoms with Gasteiger partial charge in [0.15, 0.2) is 0 Å². The van der Waals surface area contributed by atoms with Gasteiger partial charge >= 0.3 is 0 Å². The highest BCUT2D eigenvalue weighted by atomic mass is 16.5. The minimum atomic E-state index is -0.108. The minimum Gasteiger partial charge on any atom is -0.491 e. The van der Waals surface area contributed by atoms with E-state index in [1.165, 1.54) is 0 Å². The third kappa shape index (κ3) is 2.87. The van der Waals surface area contributed by atoms with Crippen molar-refractivity contribution >= 4 is 0 Å². The number of hydrogen-bond acceptors (Lipinski definition) is 4. The number of aliphatic hydroxyl groups excluding tert-OH is 1. The smallest absolute Gasteiger partial charge is 0.121 e. The molecular weight excluding hydrogens is 230 g/mol. The first-order valence-corrected chi connectivity index (χ1v) is 6.02. The fourth-order valence-electron chi connectivity index (χ4n) is 1.51. The van der Waals surface area contributed by atoms with Crippen LogP contribution in [0, 0.1) is 0 Å². The van der Waals surface area contributed by atoms with Crippen LogP contribution >= 0.6 is 0 Å². The maximum absolute atomic E-state index is 8.96. The van der Waals surface area contributed by atoms with Gasteiger partial charge in [-0.3, -0.25) is 0 Å². The van der Waals surface area contributed by atoms with Crippen molar-refractivity contribution in [3.8, 4) is 11.4 Å². The molecule has 2 aromatic rings. The summed E-state index contributed by atoms with van der Waals surface area (Å²) < 4.78 is 7.37. The largest absolute Gasteiger partial charge is 0.491 e. The molecule has 0 spiro atoms. The van der Waals surface area contributed by atoms with Crippen molar-refractivity contribution in [1.29, 1.82) is 0 Å². The van der Waals surface area contributed by atoms with E-state index in [-0.39, 0.29) is 12.7 Å². The zero-order chi connectivity index (χ0) is 13.0. The van der Waals surface area contributed by atoms with Crippen molar-refractivity contribution in [3.63, 3.8) is 0 Å². The van der Waals surface area contributed by atoms with Crippen LogP contribution in [0.25, 0.3) is 5.69 Å². The second-order valence-corrected chi connectivity index (χ2v) is 4.15. The SMILES string of the molecule is CCC(C)Oc1cccc(-n2cc(CO)nn2)c1. The van der Waals surface area contributed by atoms with Crippen LogP contribution in [0.15, 0.2) is 30.5 Å². The topological polar surface area (TPSA) is 60.2 Å². The molecule has 1 aromatic heterocycles. The number of nitrogens with zero attached hydrogens (tertiary/aromatic N) is 3. The lowest BCUT2D eigenvalue weighted by Gasteiger charge is -2.13. The second kappa shape index (κ2) is 5.64. The first kappa shape index (κ1) is 12.6. The maximum atomic E-state index is 8.96. The normalized spacial score (nSPS) is 12.4. The van der Waals surface area contributed by atoms with Crippen molar-refractivity contribution in [2.24, 2.45) is 0 Å². The Labute approximate surface area is 106 Å². The number of aromatic nitrogens is 3. The van der Waals surface area contributed by atoms with E-state index in [1.807, 2.05) is 31.2 Å². The molecule has 1 heterocycles. The van der Waals surface area contributed by atoms with Gasteiger partial charge in [-0.1, -0.05) is 18.2 Å². The van der Waals surface area contributed by atoms with Gasteiger partial charge in [-0.25, -0.2) is 4.68 Å². The van der Waals surface area contributed by atoms with Gasteiger partial charge in [0.25, 0.3) is 0 Å². The number of hydrogen-bond donors (Lipinski definition) is 1. The molecule has 0 saturated carbocycles. The standard InChI is InChI=1S/C13H17N3O2/c1-3-10(2)18-13-6-4-5-12(7-13)16-8-11(9-17)14-15-16/h4-8,10,17H,3,9H2,1-2H3. The lowest BCUT2D eigenvalue weighted by Crippen LogP contribution is -2.09. The fourth-order valence-corrected chi connectivity index (χ4v) is 1.51. The van der Waals surface area contributed by atoms with Gasteiger partial charge in [0.1, 0.15) is 11.4 Å². The molecule has 0 fully saturated rings. The quantitative estimate of drug-likeness (QED) is 0.877. The molecule has 18 heavy (non-hydrogen) atoms. The third-order valence-electron chi connectivity index (χ3n) is 2.70. The summed E-state index contributed by atoms with van der Waals surface area (Å²) in [5.41, 5.74) is 1.41. The second-order valence-electron chi connectivity index (χ2n) is 4.15. The molecule has 0 aliphatic carbocycles. The van der Waals surface area contributed by atoms with Crippen LogP contribution in [0.2, 0.25) is 0 Å². The Bertz CT molecular complexity index is 510. The summed E-state index contributed by atoms with van der Waals surface area (Å²) in [6.45, 7) is 4.01. The molecule has 0 radical (unpaired) electrons. The maximum Gasteiger partial charge on any atom is 0.121 e. The Balaban J connectivity index is 2.21. The first-order valence-electron chi connectivity index (χ1n) is 6.02. The predicted octanol–water partition coefficient (Wildman–Crippen LogP) is 1.94. The van der Waals surface area contributed by atoms with Gasteiger partial charge in [-0.2, -0.15) is 0 Å². The molecule has 5 nitrogen and oxygen atoms in total. The average molecular weight is 247 g/mol. The first-order chi connectivity index (χ1) is 8.72. The highest BCUT2D eigenvalue weighted by molar-refractivity contribution is 5.38. The molecule has 0 aliphatic rings. The van der Waals surface area contributed by atoms with E-state index in [2.05, 4.69) is 17.2 Å². The van der Waals surface area contributed by atoms with Gasteiger partial charge < -0.3 is 9.84 Å². The van der Waals surface area contributed by atoms with Crippen molar-refractivity contribution in [1.82, 2.24) is 15.0 Å². The summed E-state index contributed by atoms with van der Waals surface area (Å²) >= 11 is 0. The average Bonchev–Trinajstić information content (AvgIpc) is 2.87. The number of aliphatic hydroxyl groups is 1. The van der Waals surface area contributed by atoms with Crippen LogP contribution in [0.3, 0.4) is 0 Å². The summed E-state index contributed by atoms with van der Waals surface area (Å²) in [5, 5.41) is 16.8. The monoisotopic (exact) mass is 247 g/mol. The van der Waals surface area contributed by atoms with Crippen molar-refractivity contribution < 1.29 is 9.84 Å². The molecule has 5 heteroatoms. The Hall–Kier alpha value is -1.88. The zero-order valence-corrected chi connectivity index (χ0v) is 10.6. The fraction of sp³-hybridized carbons (Fsp3) is 0.385. The summed E-state index contributed by atoms with van der Waals surface area (Å²) in [4.78, 5) is 0. The summed E-state index contributed by atoms with van der Waals surface area (Å²) in [6.07, 6.45) is 2.84. The van der Waals surface area contributed by atoms with E-state index >= 15 is 0 Å². The molecular formula is C13H17N3O2. The lowest BCUT2D eigenvalue weighted by molar-refractivity contribution is 0.217. The minimum absolute atomic E-state index is 0.108. The predicted molar refractivity (Wildman–Crippen MR) is 67.7 cm³/mol. The molecule has 0 saturated heterocycles. The molecule has 1 atom stereocenters. The molecule has 96 valence electrons. The van der Waals surface area contributed by atoms with Gasteiger partial charge in [0.05, 0.1) is 24.6 Å². The van der Waals surface area contributed by atoms with E-state index in [0.717, 1.165) is 17.9 Å². The van der Waals surface area contributed by atoms with E-state index < -0.39 is 0 Å². The van der Waals surface area contributed by atoms with Crippen molar-refractivity contribution in [2.75, 3.05) is 0 Å². The summed E-state index contributed by atoms with van der Waals surface area (Å²) in [5.74, 6) is 0.808. The highest BCUT2D eigenvalue weighted by Crippen LogP contribution is 2.18. The summed E-state index contributed by atoms with van der Waals surface area (Å²) in [7, 11) is 0. The van der Waals surface area contributed by atoms with Gasteiger partial charge in [0.2, 0.25) is 0 Å². The number of ether oxygens (including phenoxy) is 1. The lowest BCUT2D eigenvalue weighted by atomic mass is 10.3.